The summed E-state index contributed by atoms with van der Waals surface area (Å²) in [4.78, 5) is 34.4. The molecule has 6 rings (SSSR count). The van der Waals surface area contributed by atoms with Gasteiger partial charge >= 0.3 is 5.97 Å². The monoisotopic (exact) mass is 499 g/mol. The van der Waals surface area contributed by atoms with E-state index >= 15 is 0 Å². The molecule has 186 valence electrons. The third-order valence-electron chi connectivity index (χ3n) is 7.08. The van der Waals surface area contributed by atoms with Crippen molar-refractivity contribution in [1.29, 1.82) is 0 Å². The van der Waals surface area contributed by atoms with E-state index in [2.05, 4.69) is 15.3 Å². The number of aromatic amines is 1. The van der Waals surface area contributed by atoms with Gasteiger partial charge in [-0.3, -0.25) is 4.79 Å². The molecular weight excluding hydrogens is 474 g/mol. The molecule has 1 atom stereocenters. The van der Waals surface area contributed by atoms with Crippen LogP contribution in [0.5, 0.6) is 0 Å². The lowest BCUT2D eigenvalue weighted by atomic mass is 9.83. The van der Waals surface area contributed by atoms with Crippen molar-refractivity contribution < 1.29 is 14.7 Å². The lowest BCUT2D eigenvalue weighted by Crippen LogP contribution is -2.57. The number of aromatic nitrogens is 2. The number of benzene rings is 4. The SMILES string of the molecule is O=C(NC(Cc1ccc2ccccc2c1)(Cc1c[nH]c2ccccc12)C(=O)O)c1ccc2ccccc2n1. The van der Waals surface area contributed by atoms with Gasteiger partial charge in [-0.1, -0.05) is 84.9 Å². The standard InChI is InChI=1S/C32H25N3O3/c36-30(29-16-15-23-8-3-5-11-27(23)34-29)35-32(31(37)38,19-25-20-33-28-12-6-4-10-26(25)28)18-21-13-14-22-7-1-2-9-24(22)17-21/h1-17,20,33H,18-19H2,(H,35,36)(H,37,38). The normalized spacial score (nSPS) is 12.9. The number of carboxylic acids is 1. The molecule has 0 aliphatic carbocycles. The summed E-state index contributed by atoms with van der Waals surface area (Å²) in [5.74, 6) is -1.64. The molecular formula is C32H25N3O3. The van der Waals surface area contributed by atoms with E-state index in [4.69, 9.17) is 0 Å². The van der Waals surface area contributed by atoms with Crippen LogP contribution in [-0.2, 0) is 17.6 Å². The number of carbonyl (C=O) groups excluding carboxylic acids is 1. The van der Waals surface area contributed by atoms with Crippen LogP contribution in [0.1, 0.15) is 21.6 Å². The van der Waals surface area contributed by atoms with Gasteiger partial charge in [0.1, 0.15) is 11.2 Å². The summed E-state index contributed by atoms with van der Waals surface area (Å²) in [6.07, 6.45) is 2.02. The van der Waals surface area contributed by atoms with Gasteiger partial charge in [0.25, 0.3) is 5.91 Å². The number of aliphatic carboxylic acids is 1. The van der Waals surface area contributed by atoms with Gasteiger partial charge in [-0.2, -0.15) is 0 Å². The molecule has 6 nitrogen and oxygen atoms in total. The smallest absolute Gasteiger partial charge is 0.330 e. The van der Waals surface area contributed by atoms with Crippen LogP contribution in [-0.4, -0.2) is 32.5 Å². The first-order chi connectivity index (χ1) is 18.5. The van der Waals surface area contributed by atoms with Crippen molar-refractivity contribution in [3.8, 4) is 0 Å². The van der Waals surface area contributed by atoms with Crippen LogP contribution in [0.25, 0.3) is 32.6 Å². The molecule has 1 amide bonds. The Hall–Kier alpha value is -4.97. The topological polar surface area (TPSA) is 95.1 Å². The number of H-pyrrole nitrogens is 1. The van der Waals surface area contributed by atoms with E-state index in [-0.39, 0.29) is 18.5 Å². The van der Waals surface area contributed by atoms with Crippen molar-refractivity contribution in [1.82, 2.24) is 15.3 Å². The molecule has 4 aromatic carbocycles. The Morgan fingerprint density at radius 3 is 2.34 bits per heavy atom. The van der Waals surface area contributed by atoms with Gasteiger partial charge in [-0.05, 0) is 40.1 Å². The Balaban J connectivity index is 1.42. The zero-order chi connectivity index (χ0) is 26.1. The molecule has 0 bridgehead atoms. The minimum atomic E-state index is -1.61. The number of fused-ring (bicyclic) bond motifs is 3. The highest BCUT2D eigenvalue weighted by Crippen LogP contribution is 2.28. The van der Waals surface area contributed by atoms with Crippen molar-refractivity contribution >= 4 is 44.5 Å². The minimum Gasteiger partial charge on any atom is -0.479 e. The van der Waals surface area contributed by atoms with E-state index in [1.807, 2.05) is 103 Å². The molecule has 1 unspecified atom stereocenters. The molecule has 0 saturated carbocycles. The van der Waals surface area contributed by atoms with Crippen LogP contribution in [0.2, 0.25) is 0 Å². The minimum absolute atomic E-state index is 0.0957. The Morgan fingerprint density at radius 1 is 0.789 bits per heavy atom. The second-order valence-electron chi connectivity index (χ2n) is 9.63. The summed E-state index contributed by atoms with van der Waals surface area (Å²) in [6.45, 7) is 0. The fourth-order valence-electron chi connectivity index (χ4n) is 5.13. The number of carbonyl (C=O) groups is 2. The molecule has 0 aliphatic heterocycles. The number of rotatable bonds is 7. The van der Waals surface area contributed by atoms with Crippen LogP contribution in [0.15, 0.2) is 109 Å². The average molecular weight is 500 g/mol. The molecule has 0 saturated heterocycles. The van der Waals surface area contributed by atoms with Crippen LogP contribution in [0.3, 0.4) is 0 Å². The van der Waals surface area contributed by atoms with E-state index < -0.39 is 17.4 Å². The molecule has 0 fully saturated rings. The molecule has 0 spiro atoms. The molecule has 0 aliphatic rings. The highest BCUT2D eigenvalue weighted by molar-refractivity contribution is 5.99. The molecule has 2 heterocycles. The van der Waals surface area contributed by atoms with Gasteiger partial charge in [-0.15, -0.1) is 0 Å². The predicted molar refractivity (Wildman–Crippen MR) is 149 cm³/mol. The van der Waals surface area contributed by atoms with Gasteiger partial charge in [-0.25, -0.2) is 9.78 Å². The molecule has 2 aromatic heterocycles. The molecule has 6 heteroatoms. The summed E-state index contributed by atoms with van der Waals surface area (Å²) >= 11 is 0. The first-order valence-corrected chi connectivity index (χ1v) is 12.5. The second kappa shape index (κ2) is 9.48. The first-order valence-electron chi connectivity index (χ1n) is 12.5. The molecule has 38 heavy (non-hydrogen) atoms. The number of hydrogen-bond acceptors (Lipinski definition) is 3. The van der Waals surface area contributed by atoms with Gasteiger partial charge in [0.2, 0.25) is 0 Å². The second-order valence-corrected chi connectivity index (χ2v) is 9.63. The number of para-hydroxylation sites is 2. The lowest BCUT2D eigenvalue weighted by molar-refractivity contribution is -0.144. The van der Waals surface area contributed by atoms with Crippen molar-refractivity contribution in [3.63, 3.8) is 0 Å². The summed E-state index contributed by atoms with van der Waals surface area (Å²) in [5, 5.41) is 17.5. The zero-order valence-corrected chi connectivity index (χ0v) is 20.5. The molecule has 0 radical (unpaired) electrons. The fourth-order valence-corrected chi connectivity index (χ4v) is 5.13. The number of nitrogens with one attached hydrogen (secondary N) is 2. The third kappa shape index (κ3) is 4.37. The Labute approximate surface area is 219 Å². The highest BCUT2D eigenvalue weighted by atomic mass is 16.4. The number of amides is 1. The van der Waals surface area contributed by atoms with Gasteiger partial charge < -0.3 is 15.4 Å². The summed E-state index contributed by atoms with van der Waals surface area (Å²) in [6, 6.07) is 32.5. The maximum atomic E-state index is 13.6. The van der Waals surface area contributed by atoms with E-state index in [1.165, 1.54) is 0 Å². The molecule has 6 aromatic rings. The van der Waals surface area contributed by atoms with Gasteiger partial charge in [0.15, 0.2) is 0 Å². The van der Waals surface area contributed by atoms with Gasteiger partial charge in [0.05, 0.1) is 5.52 Å². The summed E-state index contributed by atoms with van der Waals surface area (Å²) in [5.41, 5.74) is 1.78. The van der Waals surface area contributed by atoms with Crippen molar-refractivity contribution in [3.05, 3.63) is 126 Å². The lowest BCUT2D eigenvalue weighted by Gasteiger charge is -2.31. The van der Waals surface area contributed by atoms with Crippen molar-refractivity contribution in [2.75, 3.05) is 0 Å². The van der Waals surface area contributed by atoms with E-state index in [0.29, 0.717) is 5.52 Å². The number of pyridine rings is 1. The highest BCUT2D eigenvalue weighted by Gasteiger charge is 2.41. The fraction of sp³-hybridized carbons (Fsp3) is 0.0938. The summed E-state index contributed by atoms with van der Waals surface area (Å²) < 4.78 is 0. The Bertz CT molecular complexity index is 1820. The average Bonchev–Trinajstić information content (AvgIpc) is 3.35. The zero-order valence-electron chi connectivity index (χ0n) is 20.5. The van der Waals surface area contributed by atoms with E-state index in [9.17, 15) is 14.7 Å². The van der Waals surface area contributed by atoms with Crippen LogP contribution < -0.4 is 5.32 Å². The Morgan fingerprint density at radius 2 is 1.50 bits per heavy atom. The molecule has 3 N–H and O–H groups in total. The van der Waals surface area contributed by atoms with E-state index in [1.54, 1.807) is 6.07 Å². The number of hydrogen-bond donors (Lipinski definition) is 3. The maximum Gasteiger partial charge on any atom is 0.330 e. The first kappa shape index (κ1) is 23.4. The van der Waals surface area contributed by atoms with Crippen LogP contribution >= 0.6 is 0 Å². The van der Waals surface area contributed by atoms with Crippen molar-refractivity contribution in [2.24, 2.45) is 0 Å². The van der Waals surface area contributed by atoms with Crippen LogP contribution in [0.4, 0.5) is 0 Å². The maximum absolute atomic E-state index is 13.6. The van der Waals surface area contributed by atoms with Gasteiger partial charge in [0, 0.05) is 35.3 Å². The largest absolute Gasteiger partial charge is 0.479 e. The number of nitrogens with zero attached hydrogens (tertiary/aromatic N) is 1. The predicted octanol–water partition coefficient (Wildman–Crippen LogP) is 5.91. The van der Waals surface area contributed by atoms with Crippen molar-refractivity contribution in [2.45, 2.75) is 18.4 Å². The third-order valence-corrected chi connectivity index (χ3v) is 7.08. The summed E-state index contributed by atoms with van der Waals surface area (Å²) in [7, 11) is 0. The van der Waals surface area contributed by atoms with Crippen LogP contribution in [0, 0.1) is 0 Å². The quantitative estimate of drug-likeness (QED) is 0.255. The number of carboxylic acid groups (broad SMARTS) is 1. The van der Waals surface area contributed by atoms with E-state index in [0.717, 1.165) is 38.2 Å². The Kier molecular flexibility index (Phi) is 5.85.